The molecule has 1 unspecified atom stereocenters. The molecule has 0 aliphatic carbocycles. The van der Waals surface area contributed by atoms with Crippen LogP contribution in [0.5, 0.6) is 0 Å². The van der Waals surface area contributed by atoms with Crippen LogP contribution in [0.3, 0.4) is 0 Å². The minimum atomic E-state index is -0.827. The van der Waals surface area contributed by atoms with Gasteiger partial charge in [0.1, 0.15) is 0 Å². The van der Waals surface area contributed by atoms with E-state index >= 15 is 0 Å². The number of carbonyl (C=O) groups is 1. The molecule has 6 heteroatoms. The van der Waals surface area contributed by atoms with E-state index in [-0.39, 0.29) is 24.2 Å². The van der Waals surface area contributed by atoms with Crippen LogP contribution in [0.15, 0.2) is 24.3 Å². The summed E-state index contributed by atoms with van der Waals surface area (Å²) in [4.78, 5) is 23.0. The molecule has 1 atom stereocenters. The highest BCUT2D eigenvalue weighted by Crippen LogP contribution is 2.24. The first-order valence-electron chi connectivity index (χ1n) is 6.54. The topological polar surface area (TPSA) is 83.7 Å². The molecule has 0 spiro atoms. The minimum Gasteiger partial charge on any atom is -0.481 e. The Hall–Kier alpha value is -1.95. The number of non-ortho nitro benzene ring substituents is 1. The zero-order valence-corrected chi connectivity index (χ0v) is 11.9. The summed E-state index contributed by atoms with van der Waals surface area (Å²) >= 11 is 0. The average molecular weight is 280 g/mol. The highest BCUT2D eigenvalue weighted by atomic mass is 16.6. The van der Waals surface area contributed by atoms with Gasteiger partial charge in [0, 0.05) is 30.8 Å². The SMILES string of the molecule is CC(C)N(CCC(=O)O)C(C)c1ccc([N+](=O)[O-])cc1. The van der Waals surface area contributed by atoms with E-state index in [0.717, 1.165) is 5.56 Å². The zero-order valence-electron chi connectivity index (χ0n) is 11.9. The zero-order chi connectivity index (χ0) is 15.3. The minimum absolute atomic E-state index is 0.00940. The van der Waals surface area contributed by atoms with Crippen molar-refractivity contribution in [2.45, 2.75) is 39.3 Å². The molecule has 20 heavy (non-hydrogen) atoms. The van der Waals surface area contributed by atoms with Crippen LogP contribution >= 0.6 is 0 Å². The lowest BCUT2D eigenvalue weighted by Gasteiger charge is -2.32. The van der Waals surface area contributed by atoms with Crippen LogP contribution in [-0.2, 0) is 4.79 Å². The van der Waals surface area contributed by atoms with Crippen LogP contribution in [0.4, 0.5) is 5.69 Å². The Morgan fingerprint density at radius 2 is 1.85 bits per heavy atom. The summed E-state index contributed by atoms with van der Waals surface area (Å²) < 4.78 is 0. The van der Waals surface area contributed by atoms with Gasteiger partial charge in [-0.1, -0.05) is 12.1 Å². The van der Waals surface area contributed by atoms with E-state index in [4.69, 9.17) is 5.11 Å². The molecule has 1 rings (SSSR count). The third-order valence-electron chi connectivity index (χ3n) is 3.33. The van der Waals surface area contributed by atoms with Crippen molar-refractivity contribution in [1.82, 2.24) is 4.90 Å². The van der Waals surface area contributed by atoms with E-state index in [1.54, 1.807) is 12.1 Å². The van der Waals surface area contributed by atoms with Crippen molar-refractivity contribution in [3.05, 3.63) is 39.9 Å². The Bertz CT molecular complexity index is 471. The molecule has 0 aliphatic rings. The summed E-state index contributed by atoms with van der Waals surface area (Å²) in [5.74, 6) is -0.827. The molecule has 6 nitrogen and oxygen atoms in total. The van der Waals surface area contributed by atoms with Gasteiger partial charge in [-0.05, 0) is 26.3 Å². The van der Waals surface area contributed by atoms with Crippen molar-refractivity contribution in [2.24, 2.45) is 0 Å². The lowest BCUT2D eigenvalue weighted by Crippen LogP contribution is -2.35. The summed E-state index contributed by atoms with van der Waals surface area (Å²) in [5.41, 5.74) is 0.997. The number of benzene rings is 1. The summed E-state index contributed by atoms with van der Waals surface area (Å²) in [6.45, 7) is 6.43. The number of rotatable bonds is 7. The number of aliphatic carboxylic acids is 1. The molecule has 0 aliphatic heterocycles. The predicted octanol–water partition coefficient (Wildman–Crippen LogP) is 2.84. The van der Waals surface area contributed by atoms with Gasteiger partial charge in [-0.3, -0.25) is 19.8 Å². The molecular weight excluding hydrogens is 260 g/mol. The smallest absolute Gasteiger partial charge is 0.304 e. The lowest BCUT2D eigenvalue weighted by atomic mass is 10.0. The van der Waals surface area contributed by atoms with E-state index in [0.29, 0.717) is 6.54 Å². The number of nitrogens with zero attached hydrogens (tertiary/aromatic N) is 2. The van der Waals surface area contributed by atoms with Gasteiger partial charge >= 0.3 is 5.97 Å². The van der Waals surface area contributed by atoms with Gasteiger partial charge in [-0.25, -0.2) is 0 Å². The Balaban J connectivity index is 2.85. The van der Waals surface area contributed by atoms with Crippen LogP contribution in [0.25, 0.3) is 0 Å². The van der Waals surface area contributed by atoms with E-state index in [9.17, 15) is 14.9 Å². The maximum Gasteiger partial charge on any atom is 0.304 e. The normalized spacial score (nSPS) is 12.7. The van der Waals surface area contributed by atoms with E-state index in [1.807, 2.05) is 20.8 Å². The first-order chi connectivity index (χ1) is 9.32. The molecule has 0 fully saturated rings. The van der Waals surface area contributed by atoms with Crippen molar-refractivity contribution in [3.63, 3.8) is 0 Å². The van der Waals surface area contributed by atoms with Gasteiger partial charge in [0.15, 0.2) is 0 Å². The number of nitro groups is 1. The maximum atomic E-state index is 10.7. The van der Waals surface area contributed by atoms with Crippen LogP contribution in [0.1, 0.15) is 38.8 Å². The van der Waals surface area contributed by atoms with Gasteiger partial charge in [0.25, 0.3) is 5.69 Å². The quantitative estimate of drug-likeness (QED) is 0.613. The van der Waals surface area contributed by atoms with Crippen molar-refractivity contribution < 1.29 is 14.8 Å². The van der Waals surface area contributed by atoms with Gasteiger partial charge in [0.05, 0.1) is 11.3 Å². The number of carboxylic acid groups (broad SMARTS) is 1. The number of carboxylic acids is 1. The second-order valence-electron chi connectivity index (χ2n) is 5.00. The van der Waals surface area contributed by atoms with Crippen molar-refractivity contribution >= 4 is 11.7 Å². The second-order valence-corrected chi connectivity index (χ2v) is 5.00. The molecule has 1 aromatic carbocycles. The standard InChI is InChI=1S/C14H20N2O4/c1-10(2)15(9-8-14(17)18)11(3)12-4-6-13(7-5-12)16(19)20/h4-7,10-11H,8-9H2,1-3H3,(H,17,18). The molecule has 110 valence electrons. The number of hydrogen-bond acceptors (Lipinski definition) is 4. The summed E-state index contributed by atoms with van der Waals surface area (Å²) in [6, 6.07) is 6.59. The summed E-state index contributed by atoms with van der Waals surface area (Å²) in [5, 5.41) is 19.4. The number of nitro benzene ring substituents is 1. The van der Waals surface area contributed by atoms with Crippen LogP contribution < -0.4 is 0 Å². The molecule has 0 saturated carbocycles. The summed E-state index contributed by atoms with van der Waals surface area (Å²) in [6.07, 6.45) is 0.0789. The first-order valence-corrected chi connectivity index (χ1v) is 6.54. The van der Waals surface area contributed by atoms with Gasteiger partial charge < -0.3 is 5.11 Å². The fourth-order valence-corrected chi connectivity index (χ4v) is 2.19. The Morgan fingerprint density at radius 3 is 2.25 bits per heavy atom. The predicted molar refractivity (Wildman–Crippen MR) is 75.6 cm³/mol. The largest absolute Gasteiger partial charge is 0.481 e. The van der Waals surface area contributed by atoms with E-state index in [2.05, 4.69) is 4.90 Å². The van der Waals surface area contributed by atoms with Gasteiger partial charge in [-0.2, -0.15) is 0 Å². The molecule has 1 N–H and O–H groups in total. The molecule has 0 radical (unpaired) electrons. The highest BCUT2D eigenvalue weighted by Gasteiger charge is 2.20. The molecular formula is C14H20N2O4. The fraction of sp³-hybridized carbons (Fsp3) is 0.500. The average Bonchev–Trinajstić information content (AvgIpc) is 2.38. The van der Waals surface area contributed by atoms with Crippen LogP contribution in [0.2, 0.25) is 0 Å². The molecule has 1 aromatic rings. The van der Waals surface area contributed by atoms with E-state index < -0.39 is 10.9 Å². The van der Waals surface area contributed by atoms with Crippen molar-refractivity contribution in [2.75, 3.05) is 6.54 Å². The Labute approximate surface area is 118 Å². The van der Waals surface area contributed by atoms with Crippen molar-refractivity contribution in [3.8, 4) is 0 Å². The second kappa shape index (κ2) is 7.00. The lowest BCUT2D eigenvalue weighted by molar-refractivity contribution is -0.384. The van der Waals surface area contributed by atoms with Crippen molar-refractivity contribution in [1.29, 1.82) is 0 Å². The maximum absolute atomic E-state index is 10.7. The van der Waals surface area contributed by atoms with Crippen LogP contribution in [0, 0.1) is 10.1 Å². The summed E-state index contributed by atoms with van der Waals surface area (Å²) in [7, 11) is 0. The molecule has 0 saturated heterocycles. The Kier molecular flexibility index (Phi) is 5.64. The molecule has 0 aromatic heterocycles. The van der Waals surface area contributed by atoms with E-state index in [1.165, 1.54) is 12.1 Å². The molecule has 0 bridgehead atoms. The van der Waals surface area contributed by atoms with Gasteiger partial charge in [-0.15, -0.1) is 0 Å². The highest BCUT2D eigenvalue weighted by molar-refractivity contribution is 5.66. The third-order valence-corrected chi connectivity index (χ3v) is 3.33. The van der Waals surface area contributed by atoms with Crippen LogP contribution in [-0.4, -0.2) is 33.5 Å². The molecule has 0 heterocycles. The Morgan fingerprint density at radius 1 is 1.30 bits per heavy atom. The third kappa shape index (κ3) is 4.31. The fourth-order valence-electron chi connectivity index (χ4n) is 2.19. The van der Waals surface area contributed by atoms with Gasteiger partial charge in [0.2, 0.25) is 0 Å². The molecule has 0 amide bonds. The first kappa shape index (κ1) is 16.1. The monoisotopic (exact) mass is 280 g/mol. The number of hydrogen-bond donors (Lipinski definition) is 1.